The average Bonchev–Trinajstić information content (AvgIpc) is 2.39. The van der Waals surface area contributed by atoms with Crippen LogP contribution in [0.2, 0.25) is 0 Å². The summed E-state index contributed by atoms with van der Waals surface area (Å²) in [4.78, 5) is 13.9. The van der Waals surface area contributed by atoms with Crippen LogP contribution >= 0.6 is 0 Å². The van der Waals surface area contributed by atoms with E-state index in [-0.39, 0.29) is 11.9 Å². The summed E-state index contributed by atoms with van der Waals surface area (Å²) in [5, 5.41) is 10.6. The molecule has 2 fully saturated rings. The lowest BCUT2D eigenvalue weighted by atomic mass is 9.71. The van der Waals surface area contributed by atoms with E-state index in [1.807, 2.05) is 6.92 Å². The molecule has 1 aliphatic heterocycles. The van der Waals surface area contributed by atoms with Crippen molar-refractivity contribution in [2.24, 2.45) is 11.8 Å². The molecule has 18 heavy (non-hydrogen) atoms. The fourth-order valence-corrected chi connectivity index (χ4v) is 3.59. The van der Waals surface area contributed by atoms with Gasteiger partial charge in [0.2, 0.25) is 0 Å². The van der Waals surface area contributed by atoms with Crippen molar-refractivity contribution in [2.75, 3.05) is 13.1 Å². The smallest absolute Gasteiger partial charge is 0.251 e. The minimum atomic E-state index is -0.480. The van der Waals surface area contributed by atoms with Gasteiger partial charge >= 0.3 is 0 Å². The predicted octanol–water partition coefficient (Wildman–Crippen LogP) is 0.382. The Morgan fingerprint density at radius 1 is 1.56 bits per heavy atom. The molecule has 2 rings (SSSR count). The summed E-state index contributed by atoms with van der Waals surface area (Å²) in [6.45, 7) is 3.61. The highest BCUT2D eigenvalue weighted by atomic mass is 16.3. The molecule has 3 atom stereocenters. The predicted molar refractivity (Wildman–Crippen MR) is 69.5 cm³/mol. The topological polar surface area (TPSA) is 78.6 Å². The van der Waals surface area contributed by atoms with Crippen molar-refractivity contribution in [1.29, 1.82) is 0 Å². The van der Waals surface area contributed by atoms with Crippen molar-refractivity contribution in [3.63, 3.8) is 0 Å². The lowest BCUT2D eigenvalue weighted by molar-refractivity contribution is -0.134. The third kappa shape index (κ3) is 2.53. The van der Waals surface area contributed by atoms with Gasteiger partial charge in [0.1, 0.15) is 0 Å². The minimum absolute atomic E-state index is 0.112. The van der Waals surface area contributed by atoms with Gasteiger partial charge in [-0.1, -0.05) is 19.8 Å². The first-order valence-corrected chi connectivity index (χ1v) is 7.07. The monoisotopic (exact) mass is 255 g/mol. The van der Waals surface area contributed by atoms with E-state index in [1.165, 1.54) is 6.42 Å². The van der Waals surface area contributed by atoms with Gasteiger partial charge in [0.25, 0.3) is 5.91 Å². The molecule has 1 amide bonds. The molecule has 1 saturated carbocycles. The number of aliphatic hydroxyl groups is 1. The summed E-state index contributed by atoms with van der Waals surface area (Å²) in [5.41, 5.74) is 1.77. The van der Waals surface area contributed by atoms with E-state index in [0.717, 1.165) is 45.2 Å². The number of amides is 1. The first kappa shape index (κ1) is 13.8. The molecule has 0 spiro atoms. The van der Waals surface area contributed by atoms with Crippen LogP contribution in [0, 0.1) is 5.92 Å². The molecule has 0 radical (unpaired) electrons. The average molecular weight is 255 g/mol. The van der Waals surface area contributed by atoms with Crippen molar-refractivity contribution in [2.45, 2.75) is 57.1 Å². The molecule has 3 unspecified atom stereocenters. The standard InChI is InChI=1S/C13H25N3O2/c1-2-11(12(17)15-14)16-8-7-13(18)6-4-3-5-10(13)9-16/h10-11,18H,2-9,14H2,1H3,(H,15,17). The van der Waals surface area contributed by atoms with Crippen molar-refractivity contribution in [3.8, 4) is 0 Å². The van der Waals surface area contributed by atoms with E-state index in [9.17, 15) is 9.90 Å². The number of hydrazine groups is 1. The van der Waals surface area contributed by atoms with Crippen LogP contribution in [0.15, 0.2) is 0 Å². The lowest BCUT2D eigenvalue weighted by Crippen LogP contribution is -2.58. The number of fused-ring (bicyclic) bond motifs is 1. The Kier molecular flexibility index (Phi) is 4.25. The zero-order valence-electron chi connectivity index (χ0n) is 11.2. The number of nitrogens with one attached hydrogen (secondary N) is 1. The quantitative estimate of drug-likeness (QED) is 0.387. The number of carbonyl (C=O) groups excluding carboxylic acids is 1. The molecule has 4 N–H and O–H groups in total. The van der Waals surface area contributed by atoms with Crippen molar-refractivity contribution >= 4 is 5.91 Å². The van der Waals surface area contributed by atoms with Crippen LogP contribution in [0.3, 0.4) is 0 Å². The first-order valence-electron chi connectivity index (χ1n) is 7.07. The summed E-state index contributed by atoms with van der Waals surface area (Å²) in [6.07, 6.45) is 5.87. The number of hydrogen-bond donors (Lipinski definition) is 3. The van der Waals surface area contributed by atoms with Gasteiger partial charge in [0.05, 0.1) is 11.6 Å². The van der Waals surface area contributed by atoms with E-state index in [4.69, 9.17) is 5.84 Å². The number of nitrogens with zero attached hydrogens (tertiary/aromatic N) is 1. The molecule has 5 nitrogen and oxygen atoms in total. The zero-order valence-corrected chi connectivity index (χ0v) is 11.2. The minimum Gasteiger partial charge on any atom is -0.390 e. The van der Waals surface area contributed by atoms with Crippen molar-refractivity contribution in [3.05, 3.63) is 0 Å². The first-order chi connectivity index (χ1) is 8.60. The molecule has 5 heteroatoms. The number of likely N-dealkylation sites (tertiary alicyclic amines) is 1. The molecule has 0 aromatic rings. The van der Waals surface area contributed by atoms with Crippen LogP contribution in [0.25, 0.3) is 0 Å². The SMILES string of the molecule is CCC(C(=O)NN)N1CCC2(O)CCCCC2C1. The highest BCUT2D eigenvalue weighted by molar-refractivity contribution is 5.81. The van der Waals surface area contributed by atoms with Gasteiger partial charge in [0, 0.05) is 19.0 Å². The summed E-state index contributed by atoms with van der Waals surface area (Å²) in [6, 6.07) is -0.151. The van der Waals surface area contributed by atoms with E-state index in [0.29, 0.717) is 5.92 Å². The van der Waals surface area contributed by atoms with Gasteiger partial charge in [-0.3, -0.25) is 15.1 Å². The van der Waals surface area contributed by atoms with Crippen LogP contribution in [0.1, 0.15) is 45.4 Å². The second-order valence-electron chi connectivity index (χ2n) is 5.72. The zero-order chi connectivity index (χ0) is 13.2. The molecule has 104 valence electrons. The van der Waals surface area contributed by atoms with Gasteiger partial charge in [-0.15, -0.1) is 0 Å². The number of carbonyl (C=O) groups is 1. The van der Waals surface area contributed by atoms with Gasteiger partial charge in [-0.2, -0.15) is 0 Å². The number of hydrogen-bond acceptors (Lipinski definition) is 4. The Labute approximate surface area is 109 Å². The molecule has 0 aromatic heterocycles. The van der Waals surface area contributed by atoms with Gasteiger partial charge in [0.15, 0.2) is 0 Å². The maximum Gasteiger partial charge on any atom is 0.251 e. The molecule has 0 bridgehead atoms. The van der Waals surface area contributed by atoms with Crippen LogP contribution in [0.4, 0.5) is 0 Å². The summed E-state index contributed by atoms with van der Waals surface area (Å²) in [5.74, 6) is 5.44. The van der Waals surface area contributed by atoms with Gasteiger partial charge in [-0.25, -0.2) is 5.84 Å². The lowest BCUT2D eigenvalue weighted by Gasteiger charge is -2.48. The fraction of sp³-hybridized carbons (Fsp3) is 0.923. The largest absolute Gasteiger partial charge is 0.390 e. The Bertz CT molecular complexity index is 311. The Morgan fingerprint density at radius 3 is 3.00 bits per heavy atom. The Balaban J connectivity index is 2.03. The highest BCUT2D eigenvalue weighted by Crippen LogP contribution is 2.40. The molecule has 1 saturated heterocycles. The summed E-state index contributed by atoms with van der Waals surface area (Å²) in [7, 11) is 0. The van der Waals surface area contributed by atoms with Gasteiger partial charge < -0.3 is 5.11 Å². The Morgan fingerprint density at radius 2 is 2.33 bits per heavy atom. The maximum atomic E-state index is 11.7. The van der Waals surface area contributed by atoms with E-state index < -0.39 is 5.60 Å². The number of piperidine rings is 1. The van der Waals surface area contributed by atoms with Gasteiger partial charge in [-0.05, 0) is 25.7 Å². The van der Waals surface area contributed by atoms with Crippen LogP contribution < -0.4 is 11.3 Å². The molecule has 2 aliphatic rings. The van der Waals surface area contributed by atoms with Crippen molar-refractivity contribution < 1.29 is 9.90 Å². The molecule has 0 aromatic carbocycles. The summed E-state index contributed by atoms with van der Waals surface area (Å²) < 4.78 is 0. The highest BCUT2D eigenvalue weighted by Gasteiger charge is 2.44. The van der Waals surface area contributed by atoms with Crippen LogP contribution in [-0.2, 0) is 4.79 Å². The number of nitrogens with two attached hydrogens (primary N) is 1. The fourth-order valence-electron chi connectivity index (χ4n) is 3.59. The second kappa shape index (κ2) is 5.55. The normalized spacial score (nSPS) is 34.7. The molecular formula is C13H25N3O2. The van der Waals surface area contributed by atoms with Crippen molar-refractivity contribution in [1.82, 2.24) is 10.3 Å². The second-order valence-corrected chi connectivity index (χ2v) is 5.72. The van der Waals surface area contributed by atoms with E-state index in [2.05, 4.69) is 10.3 Å². The van der Waals surface area contributed by atoms with Crippen LogP contribution in [0.5, 0.6) is 0 Å². The third-order valence-electron chi connectivity index (χ3n) is 4.73. The maximum absolute atomic E-state index is 11.7. The van der Waals surface area contributed by atoms with E-state index in [1.54, 1.807) is 0 Å². The van der Waals surface area contributed by atoms with Crippen LogP contribution in [-0.4, -0.2) is 40.6 Å². The molecule has 1 aliphatic carbocycles. The van der Waals surface area contributed by atoms with E-state index >= 15 is 0 Å². The molecular weight excluding hydrogens is 230 g/mol. The molecule has 1 heterocycles. The summed E-state index contributed by atoms with van der Waals surface area (Å²) >= 11 is 0. The number of rotatable bonds is 3. The Hall–Kier alpha value is -0.650. The third-order valence-corrected chi connectivity index (χ3v) is 4.73.